The predicted molar refractivity (Wildman–Crippen MR) is 67.3 cm³/mol. The Morgan fingerprint density at radius 2 is 2.05 bits per heavy atom. The van der Waals surface area contributed by atoms with Crippen molar-refractivity contribution in [3.63, 3.8) is 0 Å². The highest BCUT2D eigenvalue weighted by Gasteiger charge is 2.26. The summed E-state index contributed by atoms with van der Waals surface area (Å²) in [4.78, 5) is 0. The molecule has 0 aliphatic carbocycles. The first kappa shape index (κ1) is 16.3. The van der Waals surface area contributed by atoms with E-state index in [2.05, 4.69) is 11.8 Å². The lowest BCUT2D eigenvalue weighted by Gasteiger charge is -2.10. The van der Waals surface area contributed by atoms with Crippen molar-refractivity contribution < 1.29 is 27.8 Å². The molecule has 0 saturated carbocycles. The summed E-state index contributed by atoms with van der Waals surface area (Å²) < 4.78 is 46.0. The molecule has 1 aromatic carbocycles. The maximum absolute atomic E-state index is 12.0. The molecule has 20 heavy (non-hydrogen) atoms. The second kappa shape index (κ2) is 7.78. The normalized spacial score (nSPS) is 10.8. The van der Waals surface area contributed by atoms with E-state index >= 15 is 0 Å². The molecule has 1 aromatic rings. The summed E-state index contributed by atoms with van der Waals surface area (Å²) in [5, 5.41) is 8.67. The van der Waals surface area contributed by atoms with Gasteiger partial charge in [0, 0.05) is 5.56 Å². The maximum Gasteiger partial charge on any atom is 0.391 e. The molecule has 1 N–H and O–H groups in total. The zero-order chi connectivity index (χ0) is 15.0. The van der Waals surface area contributed by atoms with Crippen LogP contribution < -0.4 is 4.74 Å². The average Bonchev–Trinajstić information content (AvgIpc) is 2.40. The molecular weight excluding hydrogens is 273 g/mol. The standard InChI is InChI=1S/C14H15F3O3/c1-19-13-5-4-11(3-2-7-18)12(9-13)10-20-8-6-14(15,16)17/h4-5,9,18H,6-8,10H2,1H3. The molecule has 1 rings (SSSR count). The quantitative estimate of drug-likeness (QED) is 0.668. The Kier molecular flexibility index (Phi) is 6.36. The van der Waals surface area contributed by atoms with Crippen molar-refractivity contribution in [3.8, 4) is 17.6 Å². The fourth-order valence-electron chi connectivity index (χ4n) is 1.44. The molecule has 110 valence electrons. The van der Waals surface area contributed by atoms with Gasteiger partial charge < -0.3 is 14.6 Å². The van der Waals surface area contributed by atoms with E-state index < -0.39 is 19.2 Å². The van der Waals surface area contributed by atoms with Crippen molar-refractivity contribution in [2.75, 3.05) is 20.3 Å². The molecule has 0 bridgehead atoms. The Labute approximate surface area is 115 Å². The number of ether oxygens (including phenoxy) is 2. The van der Waals surface area contributed by atoms with Gasteiger partial charge in [-0.3, -0.25) is 0 Å². The van der Waals surface area contributed by atoms with E-state index in [0.717, 1.165) is 0 Å². The van der Waals surface area contributed by atoms with Crippen molar-refractivity contribution >= 4 is 0 Å². The minimum atomic E-state index is -4.23. The van der Waals surface area contributed by atoms with Crippen molar-refractivity contribution in [1.82, 2.24) is 0 Å². The first-order valence-corrected chi connectivity index (χ1v) is 5.87. The van der Waals surface area contributed by atoms with Crippen molar-refractivity contribution in [1.29, 1.82) is 0 Å². The van der Waals surface area contributed by atoms with Crippen LogP contribution in [-0.2, 0) is 11.3 Å². The summed E-state index contributed by atoms with van der Waals surface area (Å²) in [6.07, 6.45) is -5.22. The van der Waals surface area contributed by atoms with Gasteiger partial charge in [-0.2, -0.15) is 13.2 Å². The van der Waals surface area contributed by atoms with Gasteiger partial charge in [0.1, 0.15) is 12.4 Å². The third-order valence-corrected chi connectivity index (χ3v) is 2.40. The highest BCUT2D eigenvalue weighted by molar-refractivity contribution is 5.45. The van der Waals surface area contributed by atoms with Crippen molar-refractivity contribution in [2.24, 2.45) is 0 Å². The highest BCUT2D eigenvalue weighted by atomic mass is 19.4. The molecule has 3 nitrogen and oxygen atoms in total. The largest absolute Gasteiger partial charge is 0.497 e. The van der Waals surface area contributed by atoms with Crippen LogP contribution in [0.25, 0.3) is 0 Å². The second-order valence-electron chi connectivity index (χ2n) is 3.90. The third-order valence-electron chi connectivity index (χ3n) is 2.40. The summed E-state index contributed by atoms with van der Waals surface area (Å²) in [6.45, 7) is -0.698. The van der Waals surface area contributed by atoms with Gasteiger partial charge in [-0.05, 0) is 23.8 Å². The van der Waals surface area contributed by atoms with Crippen LogP contribution in [0.1, 0.15) is 17.5 Å². The Bertz CT molecular complexity index is 487. The molecule has 6 heteroatoms. The zero-order valence-corrected chi connectivity index (χ0v) is 11.0. The number of aliphatic hydroxyl groups excluding tert-OH is 1. The monoisotopic (exact) mass is 288 g/mol. The molecule has 0 aliphatic heterocycles. The maximum atomic E-state index is 12.0. The van der Waals surface area contributed by atoms with E-state index in [4.69, 9.17) is 14.6 Å². The van der Waals surface area contributed by atoms with Crippen molar-refractivity contribution in [3.05, 3.63) is 29.3 Å². The van der Waals surface area contributed by atoms with Crippen LogP contribution in [0.5, 0.6) is 5.75 Å². The van der Waals surface area contributed by atoms with Gasteiger partial charge in [0.15, 0.2) is 0 Å². The van der Waals surface area contributed by atoms with E-state index in [1.165, 1.54) is 7.11 Å². The third kappa shape index (κ3) is 5.95. The minimum Gasteiger partial charge on any atom is -0.497 e. The number of aliphatic hydroxyl groups is 1. The van der Waals surface area contributed by atoms with Gasteiger partial charge in [-0.25, -0.2) is 0 Å². The lowest BCUT2D eigenvalue weighted by Crippen LogP contribution is -2.11. The molecule has 0 fully saturated rings. The van der Waals surface area contributed by atoms with Crippen LogP contribution in [0.2, 0.25) is 0 Å². The summed E-state index contributed by atoms with van der Waals surface area (Å²) in [5.41, 5.74) is 1.21. The number of hydrogen-bond donors (Lipinski definition) is 1. The first-order chi connectivity index (χ1) is 9.46. The van der Waals surface area contributed by atoms with Crippen LogP contribution in [-0.4, -0.2) is 31.6 Å². The topological polar surface area (TPSA) is 38.7 Å². The lowest BCUT2D eigenvalue weighted by atomic mass is 10.1. The number of rotatable bonds is 5. The van der Waals surface area contributed by atoms with E-state index in [-0.39, 0.29) is 13.2 Å². The molecule has 0 amide bonds. The Morgan fingerprint density at radius 1 is 1.30 bits per heavy atom. The van der Waals surface area contributed by atoms with Gasteiger partial charge in [0.25, 0.3) is 0 Å². The molecule has 0 heterocycles. The van der Waals surface area contributed by atoms with Crippen LogP contribution in [0.15, 0.2) is 18.2 Å². The van der Waals surface area contributed by atoms with E-state index in [1.807, 2.05) is 0 Å². The fraction of sp³-hybridized carbons (Fsp3) is 0.429. The molecule has 0 unspecified atom stereocenters. The van der Waals surface area contributed by atoms with Gasteiger partial charge in [-0.1, -0.05) is 11.8 Å². The number of alkyl halides is 3. The molecule has 0 spiro atoms. The zero-order valence-electron chi connectivity index (χ0n) is 11.0. The van der Waals surface area contributed by atoms with Gasteiger partial charge in [0.2, 0.25) is 0 Å². The minimum absolute atomic E-state index is 0.00270. The number of methoxy groups -OCH3 is 1. The Morgan fingerprint density at radius 3 is 2.65 bits per heavy atom. The number of hydrogen-bond acceptors (Lipinski definition) is 3. The summed E-state index contributed by atoms with van der Waals surface area (Å²) in [6, 6.07) is 5.00. The molecular formula is C14H15F3O3. The van der Waals surface area contributed by atoms with E-state index in [9.17, 15) is 13.2 Å². The molecule has 0 saturated heterocycles. The van der Waals surface area contributed by atoms with Crippen LogP contribution in [0.4, 0.5) is 13.2 Å². The van der Waals surface area contributed by atoms with Crippen molar-refractivity contribution in [2.45, 2.75) is 19.2 Å². The highest BCUT2D eigenvalue weighted by Crippen LogP contribution is 2.21. The molecule has 0 aliphatic rings. The smallest absolute Gasteiger partial charge is 0.391 e. The van der Waals surface area contributed by atoms with Gasteiger partial charge in [-0.15, -0.1) is 0 Å². The van der Waals surface area contributed by atoms with E-state index in [1.54, 1.807) is 18.2 Å². The summed E-state index contributed by atoms with van der Waals surface area (Å²) >= 11 is 0. The van der Waals surface area contributed by atoms with E-state index in [0.29, 0.717) is 16.9 Å². The summed E-state index contributed by atoms with van der Waals surface area (Å²) in [7, 11) is 1.49. The van der Waals surface area contributed by atoms with Crippen LogP contribution in [0, 0.1) is 11.8 Å². The Hall–Kier alpha value is -1.71. The number of benzene rings is 1. The molecule has 0 aromatic heterocycles. The molecule has 0 radical (unpaired) electrons. The van der Waals surface area contributed by atoms with Crippen LogP contribution >= 0.6 is 0 Å². The summed E-state index contributed by atoms with van der Waals surface area (Å²) in [5.74, 6) is 5.76. The average molecular weight is 288 g/mol. The lowest BCUT2D eigenvalue weighted by molar-refractivity contribution is -0.146. The SMILES string of the molecule is COc1ccc(C#CCO)c(COCCC(F)(F)F)c1. The van der Waals surface area contributed by atoms with Gasteiger partial charge >= 0.3 is 6.18 Å². The van der Waals surface area contributed by atoms with Crippen LogP contribution in [0.3, 0.4) is 0 Å². The Balaban J connectivity index is 2.70. The number of halogens is 3. The first-order valence-electron chi connectivity index (χ1n) is 5.87. The molecule has 0 atom stereocenters. The second-order valence-corrected chi connectivity index (χ2v) is 3.90. The predicted octanol–water partition coefficient (Wildman–Crippen LogP) is 2.51. The van der Waals surface area contributed by atoms with Gasteiger partial charge in [0.05, 0.1) is 26.7 Å². The fourth-order valence-corrected chi connectivity index (χ4v) is 1.44.